The molecule has 0 spiro atoms. The summed E-state index contributed by atoms with van der Waals surface area (Å²) in [4.78, 5) is 2.41. The zero-order valence-electron chi connectivity index (χ0n) is 10.4. The van der Waals surface area contributed by atoms with Crippen LogP contribution in [0.2, 0.25) is 5.02 Å². The van der Waals surface area contributed by atoms with Crippen molar-refractivity contribution in [1.82, 2.24) is 4.90 Å². The van der Waals surface area contributed by atoms with Crippen LogP contribution in [-0.4, -0.2) is 30.6 Å². The first-order valence-electron chi connectivity index (χ1n) is 6.37. The Morgan fingerprint density at radius 1 is 1.29 bits per heavy atom. The van der Waals surface area contributed by atoms with Gasteiger partial charge >= 0.3 is 0 Å². The van der Waals surface area contributed by atoms with Crippen LogP contribution in [0.5, 0.6) is 0 Å². The van der Waals surface area contributed by atoms with E-state index in [1.165, 1.54) is 24.8 Å². The van der Waals surface area contributed by atoms with Crippen molar-refractivity contribution in [3.8, 4) is 0 Å². The molecule has 0 unspecified atom stereocenters. The molecule has 1 saturated carbocycles. The molecular weight excluding hydrogens is 232 g/mol. The minimum absolute atomic E-state index is 0.366. The van der Waals surface area contributed by atoms with Crippen LogP contribution in [0.15, 0.2) is 24.3 Å². The maximum absolute atomic E-state index is 6.11. The fourth-order valence-electron chi connectivity index (χ4n) is 2.64. The quantitative estimate of drug-likeness (QED) is 0.893. The van der Waals surface area contributed by atoms with E-state index in [-0.39, 0.29) is 0 Å². The molecule has 1 aromatic carbocycles. The molecule has 3 heteroatoms. The van der Waals surface area contributed by atoms with Crippen molar-refractivity contribution in [2.75, 3.05) is 13.6 Å². The molecule has 0 aliphatic heterocycles. The van der Waals surface area contributed by atoms with Gasteiger partial charge in [-0.1, -0.05) is 30.2 Å². The molecule has 1 aliphatic carbocycles. The largest absolute Gasteiger partial charge is 0.326 e. The molecular formula is C14H21ClN2. The van der Waals surface area contributed by atoms with Gasteiger partial charge in [-0.05, 0) is 44.0 Å². The Morgan fingerprint density at radius 3 is 2.59 bits per heavy atom. The Bertz CT molecular complexity index is 350. The van der Waals surface area contributed by atoms with Crippen molar-refractivity contribution in [3.63, 3.8) is 0 Å². The summed E-state index contributed by atoms with van der Waals surface area (Å²) in [5.74, 6) is 0. The summed E-state index contributed by atoms with van der Waals surface area (Å²) < 4.78 is 0. The summed E-state index contributed by atoms with van der Waals surface area (Å²) in [7, 11) is 2.19. The van der Waals surface area contributed by atoms with Gasteiger partial charge in [0.25, 0.3) is 0 Å². The molecule has 0 heterocycles. The van der Waals surface area contributed by atoms with E-state index < -0.39 is 0 Å². The van der Waals surface area contributed by atoms with Crippen LogP contribution in [-0.2, 0) is 6.42 Å². The molecule has 0 saturated heterocycles. The Kier molecular flexibility index (Phi) is 4.43. The monoisotopic (exact) mass is 252 g/mol. The van der Waals surface area contributed by atoms with Crippen molar-refractivity contribution in [3.05, 3.63) is 34.9 Å². The number of hydrogen-bond donors (Lipinski definition) is 1. The molecule has 1 aliphatic rings. The second kappa shape index (κ2) is 5.85. The molecule has 1 fully saturated rings. The molecule has 0 radical (unpaired) electrons. The maximum Gasteiger partial charge on any atom is 0.0406 e. The lowest BCUT2D eigenvalue weighted by molar-refractivity contribution is 0.231. The molecule has 0 amide bonds. The third kappa shape index (κ3) is 3.44. The van der Waals surface area contributed by atoms with Gasteiger partial charge in [0.05, 0.1) is 0 Å². The molecule has 0 bridgehead atoms. The molecule has 2 atom stereocenters. The van der Waals surface area contributed by atoms with Gasteiger partial charge in [0, 0.05) is 23.7 Å². The summed E-state index contributed by atoms with van der Waals surface area (Å²) in [6.07, 6.45) is 4.77. The summed E-state index contributed by atoms with van der Waals surface area (Å²) >= 11 is 5.87. The van der Waals surface area contributed by atoms with Crippen molar-refractivity contribution in [2.45, 2.75) is 37.8 Å². The van der Waals surface area contributed by atoms with E-state index in [4.69, 9.17) is 17.3 Å². The average molecular weight is 253 g/mol. The van der Waals surface area contributed by atoms with Crippen molar-refractivity contribution >= 4 is 11.6 Å². The minimum atomic E-state index is 0.366. The van der Waals surface area contributed by atoms with Crippen LogP contribution in [0.25, 0.3) is 0 Å². The van der Waals surface area contributed by atoms with E-state index in [9.17, 15) is 0 Å². The van der Waals surface area contributed by atoms with E-state index in [1.807, 2.05) is 12.1 Å². The summed E-state index contributed by atoms with van der Waals surface area (Å²) in [6, 6.07) is 9.05. The fourth-order valence-corrected chi connectivity index (χ4v) is 2.76. The first-order chi connectivity index (χ1) is 8.16. The molecule has 1 aromatic rings. The van der Waals surface area contributed by atoms with Gasteiger partial charge in [0.1, 0.15) is 0 Å². The normalized spacial score (nSPS) is 24.5. The Morgan fingerprint density at radius 2 is 2.00 bits per heavy atom. The highest BCUT2D eigenvalue weighted by Gasteiger charge is 2.26. The summed E-state index contributed by atoms with van der Waals surface area (Å²) in [6.45, 7) is 1.07. The topological polar surface area (TPSA) is 29.3 Å². The molecule has 0 aromatic heterocycles. The zero-order chi connectivity index (χ0) is 12.3. The van der Waals surface area contributed by atoms with Crippen LogP contribution in [0.4, 0.5) is 0 Å². The highest BCUT2D eigenvalue weighted by Crippen LogP contribution is 2.22. The zero-order valence-corrected chi connectivity index (χ0v) is 11.2. The molecule has 2 rings (SSSR count). The predicted octanol–water partition coefficient (Wildman–Crippen LogP) is 2.69. The minimum Gasteiger partial charge on any atom is -0.326 e. The predicted molar refractivity (Wildman–Crippen MR) is 73.4 cm³/mol. The lowest BCUT2D eigenvalue weighted by atomic mass is 10.1. The Hall–Kier alpha value is -0.570. The number of likely N-dealkylation sites (N-methyl/N-ethyl adjacent to an activating group) is 1. The Balaban J connectivity index is 1.83. The standard InChI is InChI=1S/C14H21ClN2/c1-17(14-4-2-3-13(14)16)10-9-11-5-7-12(15)8-6-11/h5-8,13-14H,2-4,9-10,16H2,1H3/t13-,14-/m0/s1. The highest BCUT2D eigenvalue weighted by molar-refractivity contribution is 6.30. The van der Waals surface area contributed by atoms with Crippen LogP contribution < -0.4 is 5.73 Å². The summed E-state index contributed by atoms with van der Waals surface area (Å²) in [5, 5.41) is 0.805. The van der Waals surface area contributed by atoms with E-state index in [0.717, 1.165) is 18.0 Å². The van der Waals surface area contributed by atoms with Gasteiger partial charge in [-0.3, -0.25) is 0 Å². The molecule has 2 N–H and O–H groups in total. The SMILES string of the molecule is CN(CCc1ccc(Cl)cc1)[C@H]1CCC[C@@H]1N. The second-order valence-corrected chi connectivity index (χ2v) is 5.46. The van der Waals surface area contributed by atoms with Crippen LogP contribution in [0.3, 0.4) is 0 Å². The lowest BCUT2D eigenvalue weighted by Crippen LogP contribution is -2.42. The number of rotatable bonds is 4. The number of halogens is 1. The molecule has 2 nitrogen and oxygen atoms in total. The first kappa shape index (κ1) is 12.9. The second-order valence-electron chi connectivity index (χ2n) is 5.02. The van der Waals surface area contributed by atoms with Gasteiger partial charge in [0.2, 0.25) is 0 Å². The number of hydrogen-bond acceptors (Lipinski definition) is 2. The van der Waals surface area contributed by atoms with Crippen LogP contribution >= 0.6 is 11.6 Å². The third-order valence-corrected chi connectivity index (χ3v) is 4.02. The van der Waals surface area contributed by atoms with E-state index in [0.29, 0.717) is 12.1 Å². The Labute approximate surface area is 109 Å². The van der Waals surface area contributed by atoms with Crippen LogP contribution in [0, 0.1) is 0 Å². The third-order valence-electron chi connectivity index (χ3n) is 3.76. The van der Waals surface area contributed by atoms with Gasteiger partial charge in [-0.15, -0.1) is 0 Å². The number of nitrogens with two attached hydrogens (primary N) is 1. The molecule has 17 heavy (non-hydrogen) atoms. The van der Waals surface area contributed by atoms with E-state index in [2.05, 4.69) is 24.1 Å². The van der Waals surface area contributed by atoms with Crippen molar-refractivity contribution < 1.29 is 0 Å². The maximum atomic E-state index is 6.11. The van der Waals surface area contributed by atoms with Gasteiger partial charge in [-0.2, -0.15) is 0 Å². The van der Waals surface area contributed by atoms with Crippen LogP contribution in [0.1, 0.15) is 24.8 Å². The average Bonchev–Trinajstić information content (AvgIpc) is 2.74. The number of benzene rings is 1. The van der Waals surface area contributed by atoms with Gasteiger partial charge in [0.15, 0.2) is 0 Å². The molecule has 94 valence electrons. The van der Waals surface area contributed by atoms with E-state index in [1.54, 1.807) is 0 Å². The van der Waals surface area contributed by atoms with Gasteiger partial charge < -0.3 is 10.6 Å². The summed E-state index contributed by atoms with van der Waals surface area (Å²) in [5.41, 5.74) is 7.45. The van der Waals surface area contributed by atoms with Crippen molar-refractivity contribution in [1.29, 1.82) is 0 Å². The fraction of sp³-hybridized carbons (Fsp3) is 0.571. The van der Waals surface area contributed by atoms with Crippen molar-refractivity contribution in [2.24, 2.45) is 5.73 Å². The first-order valence-corrected chi connectivity index (χ1v) is 6.75. The van der Waals surface area contributed by atoms with E-state index >= 15 is 0 Å². The van der Waals surface area contributed by atoms with Gasteiger partial charge in [-0.25, -0.2) is 0 Å². The smallest absolute Gasteiger partial charge is 0.0406 e. The lowest BCUT2D eigenvalue weighted by Gasteiger charge is -2.27. The number of nitrogens with zero attached hydrogens (tertiary/aromatic N) is 1. The highest BCUT2D eigenvalue weighted by atomic mass is 35.5.